The van der Waals surface area contributed by atoms with E-state index in [1.54, 1.807) is 0 Å². The molecule has 2 aliphatic rings. The van der Waals surface area contributed by atoms with Gasteiger partial charge in [0.15, 0.2) is 11.0 Å². The third-order valence-corrected chi connectivity index (χ3v) is 7.73. The van der Waals surface area contributed by atoms with E-state index < -0.39 is 0 Å². The summed E-state index contributed by atoms with van der Waals surface area (Å²) < 4.78 is 2.09. The Morgan fingerprint density at radius 3 is 2.58 bits per heavy atom. The third-order valence-electron chi connectivity index (χ3n) is 6.57. The van der Waals surface area contributed by atoms with Gasteiger partial charge < -0.3 is 4.90 Å². The molecule has 172 valence electrons. The summed E-state index contributed by atoms with van der Waals surface area (Å²) in [7, 11) is 0. The van der Waals surface area contributed by atoms with Gasteiger partial charge in [-0.05, 0) is 75.2 Å². The highest BCUT2D eigenvalue weighted by Crippen LogP contribution is 2.32. The number of halogens is 1. The summed E-state index contributed by atoms with van der Waals surface area (Å²) in [5, 5.41) is 10.5. The van der Waals surface area contributed by atoms with Gasteiger partial charge >= 0.3 is 0 Å². The summed E-state index contributed by atoms with van der Waals surface area (Å²) in [6, 6.07) is 16.0. The number of thioether (sulfide) groups is 1. The smallest absolute Gasteiger partial charge is 0.237 e. The molecule has 8 heteroatoms. The van der Waals surface area contributed by atoms with Gasteiger partial charge in [0.05, 0.1) is 11.8 Å². The van der Waals surface area contributed by atoms with Crippen LogP contribution >= 0.6 is 23.4 Å². The molecule has 1 atom stereocenters. The normalized spacial score (nSPS) is 17.2. The maximum atomic E-state index is 13.1. The molecule has 1 amide bonds. The van der Waals surface area contributed by atoms with Crippen LogP contribution in [0.5, 0.6) is 0 Å². The number of hydrogen-bond donors (Lipinski definition) is 0. The van der Waals surface area contributed by atoms with Crippen LogP contribution in [0.15, 0.2) is 53.7 Å². The Bertz CT molecular complexity index is 1130. The lowest BCUT2D eigenvalue weighted by molar-refractivity contribution is -0.116. The largest absolute Gasteiger partial charge is 0.311 e. The number of carbonyl (C=O) groups excluding carboxylic acids is 1. The summed E-state index contributed by atoms with van der Waals surface area (Å²) in [6.45, 7) is 5.08. The highest BCUT2D eigenvalue weighted by Gasteiger charge is 2.28. The summed E-state index contributed by atoms with van der Waals surface area (Å²) in [5.41, 5.74) is 3.23. The van der Waals surface area contributed by atoms with E-state index in [9.17, 15) is 4.79 Å². The molecule has 0 aliphatic carbocycles. The summed E-state index contributed by atoms with van der Waals surface area (Å²) in [4.78, 5) is 17.4. The molecule has 0 spiro atoms. The number of hydrogen-bond acceptors (Lipinski definition) is 5. The van der Waals surface area contributed by atoms with E-state index in [1.165, 1.54) is 36.6 Å². The van der Waals surface area contributed by atoms with Crippen molar-refractivity contribution in [3.8, 4) is 5.69 Å². The van der Waals surface area contributed by atoms with Crippen molar-refractivity contribution in [3.63, 3.8) is 0 Å². The second-order valence-electron chi connectivity index (χ2n) is 8.64. The fourth-order valence-corrected chi connectivity index (χ4v) is 5.71. The first-order chi connectivity index (χ1) is 16.1. The van der Waals surface area contributed by atoms with Crippen LogP contribution in [0.25, 0.3) is 5.69 Å². The van der Waals surface area contributed by atoms with Crippen LogP contribution in [-0.2, 0) is 11.2 Å². The number of rotatable bonds is 6. The summed E-state index contributed by atoms with van der Waals surface area (Å²) in [5.74, 6) is 1.32. The molecule has 0 saturated carbocycles. The van der Waals surface area contributed by atoms with Crippen LogP contribution in [0.3, 0.4) is 0 Å². The van der Waals surface area contributed by atoms with Crippen molar-refractivity contribution < 1.29 is 4.79 Å². The van der Waals surface area contributed by atoms with E-state index in [2.05, 4.69) is 32.7 Å². The maximum Gasteiger partial charge on any atom is 0.237 e. The predicted molar refractivity (Wildman–Crippen MR) is 133 cm³/mol. The van der Waals surface area contributed by atoms with Gasteiger partial charge in [0.1, 0.15) is 0 Å². The van der Waals surface area contributed by atoms with E-state index in [0.29, 0.717) is 10.8 Å². The van der Waals surface area contributed by atoms with Crippen molar-refractivity contribution in [1.82, 2.24) is 19.7 Å². The van der Waals surface area contributed by atoms with Crippen LogP contribution in [0.1, 0.15) is 43.6 Å². The predicted octanol–water partition coefficient (Wildman–Crippen LogP) is 5.15. The number of benzene rings is 2. The first-order valence-corrected chi connectivity index (χ1v) is 12.9. The lowest BCUT2D eigenvalue weighted by atomic mass is 10.1. The zero-order chi connectivity index (χ0) is 22.8. The Balaban J connectivity index is 1.39. The molecule has 2 aromatic carbocycles. The van der Waals surface area contributed by atoms with E-state index in [4.69, 9.17) is 11.6 Å². The average molecular weight is 482 g/mol. The van der Waals surface area contributed by atoms with Crippen molar-refractivity contribution in [1.29, 1.82) is 0 Å². The van der Waals surface area contributed by atoms with E-state index >= 15 is 0 Å². The number of nitrogens with zero attached hydrogens (tertiary/aromatic N) is 5. The van der Waals surface area contributed by atoms with Crippen molar-refractivity contribution in [2.75, 3.05) is 30.3 Å². The molecule has 1 aromatic heterocycles. The molecule has 0 N–H and O–H groups in total. The summed E-state index contributed by atoms with van der Waals surface area (Å²) >= 11 is 7.60. The molecule has 6 nitrogen and oxygen atoms in total. The van der Waals surface area contributed by atoms with Crippen molar-refractivity contribution in [2.45, 2.75) is 43.8 Å². The third kappa shape index (κ3) is 4.67. The highest BCUT2D eigenvalue weighted by molar-refractivity contribution is 7.99. The molecule has 3 aromatic rings. The van der Waals surface area contributed by atoms with Gasteiger partial charge in [-0.25, -0.2) is 0 Å². The first kappa shape index (κ1) is 22.4. The number of aromatic nitrogens is 3. The minimum Gasteiger partial charge on any atom is -0.311 e. The number of likely N-dealkylation sites (tertiary alicyclic amines) is 1. The van der Waals surface area contributed by atoms with E-state index in [1.807, 2.05) is 47.4 Å². The molecule has 2 aliphatic heterocycles. The first-order valence-electron chi connectivity index (χ1n) is 11.6. The molecular weight excluding hydrogens is 454 g/mol. The number of para-hydroxylation sites is 1. The number of anilines is 1. The number of fused-ring (bicyclic) bond motifs is 1. The lowest BCUT2D eigenvalue weighted by Gasteiger charge is -2.31. The zero-order valence-electron chi connectivity index (χ0n) is 18.8. The highest BCUT2D eigenvalue weighted by atomic mass is 35.5. The van der Waals surface area contributed by atoms with Crippen molar-refractivity contribution in [3.05, 3.63) is 64.9 Å². The Morgan fingerprint density at radius 2 is 1.79 bits per heavy atom. The van der Waals surface area contributed by atoms with Crippen molar-refractivity contribution >= 4 is 35.0 Å². The quantitative estimate of drug-likeness (QED) is 0.456. The molecule has 1 saturated heterocycles. The number of piperidine rings is 1. The van der Waals surface area contributed by atoms with Gasteiger partial charge in [0, 0.05) is 22.9 Å². The Hall–Kier alpha value is -2.35. The van der Waals surface area contributed by atoms with Gasteiger partial charge in [-0.3, -0.25) is 14.3 Å². The van der Waals surface area contributed by atoms with E-state index in [-0.39, 0.29) is 11.9 Å². The van der Waals surface area contributed by atoms with Crippen molar-refractivity contribution in [2.24, 2.45) is 0 Å². The molecule has 5 rings (SSSR count). The zero-order valence-corrected chi connectivity index (χ0v) is 20.4. The number of amides is 1. The minimum absolute atomic E-state index is 0.0984. The van der Waals surface area contributed by atoms with Crippen LogP contribution in [0, 0.1) is 0 Å². The van der Waals surface area contributed by atoms with Crippen LogP contribution in [-0.4, -0.2) is 51.0 Å². The van der Waals surface area contributed by atoms with Crippen LogP contribution in [0.4, 0.5) is 5.69 Å². The average Bonchev–Trinajstić information content (AvgIpc) is 3.48. The van der Waals surface area contributed by atoms with Gasteiger partial charge in [-0.1, -0.05) is 48.0 Å². The molecule has 1 fully saturated rings. The second-order valence-corrected chi connectivity index (χ2v) is 10.0. The molecule has 0 unspecified atom stereocenters. The van der Waals surface area contributed by atoms with Gasteiger partial charge in [0.25, 0.3) is 0 Å². The van der Waals surface area contributed by atoms with Crippen LogP contribution < -0.4 is 4.90 Å². The lowest BCUT2D eigenvalue weighted by Crippen LogP contribution is -2.33. The van der Waals surface area contributed by atoms with Gasteiger partial charge in [-0.15, -0.1) is 10.2 Å². The van der Waals surface area contributed by atoms with Crippen LogP contribution in [0.2, 0.25) is 5.02 Å². The maximum absolute atomic E-state index is 13.1. The molecule has 0 bridgehead atoms. The fraction of sp³-hybridized carbons (Fsp3) is 0.400. The Morgan fingerprint density at radius 1 is 1.03 bits per heavy atom. The molecule has 0 radical (unpaired) electrons. The standard InChI is InChI=1S/C25H28ClN5OS/c1-18(29-14-5-2-6-15-29)24-27-28-25(31(24)21-11-9-20(26)10-12-21)33-17-23(32)30-16-13-19-7-3-4-8-22(19)30/h3-4,7-12,18H,2,5-6,13-17H2,1H3/t18-/m1/s1. The molecule has 3 heterocycles. The van der Waals surface area contributed by atoms with E-state index in [0.717, 1.165) is 48.4 Å². The monoisotopic (exact) mass is 481 g/mol. The van der Waals surface area contributed by atoms with Gasteiger partial charge in [0.2, 0.25) is 5.91 Å². The molecular formula is C25H28ClN5OS. The SMILES string of the molecule is C[C@H](c1nnc(SCC(=O)N2CCc3ccccc32)n1-c1ccc(Cl)cc1)N1CCCCC1. The summed E-state index contributed by atoms with van der Waals surface area (Å²) in [6.07, 6.45) is 4.63. The Labute approximate surface area is 203 Å². The topological polar surface area (TPSA) is 54.3 Å². The fourth-order valence-electron chi connectivity index (χ4n) is 4.75. The Kier molecular flexibility index (Phi) is 6.71. The molecule has 33 heavy (non-hydrogen) atoms. The second kappa shape index (κ2) is 9.87. The minimum atomic E-state index is 0.0984. The van der Waals surface area contributed by atoms with Gasteiger partial charge in [-0.2, -0.15) is 0 Å². The number of carbonyl (C=O) groups is 1.